The average molecular weight is 486 g/mol. The number of nitrogens with one attached hydrogen (secondary N) is 2. The Bertz CT molecular complexity index is 952. The van der Waals surface area contributed by atoms with Crippen molar-refractivity contribution in [3.63, 3.8) is 0 Å². The number of amides is 3. The molecule has 0 saturated carbocycles. The van der Waals surface area contributed by atoms with Crippen LogP contribution < -0.4 is 16.4 Å². The zero-order chi connectivity index (χ0) is 26.1. The maximum absolute atomic E-state index is 11.9. The molecule has 9 nitrogen and oxygen atoms in total. The normalized spacial score (nSPS) is 11.4. The lowest BCUT2D eigenvalue weighted by Crippen LogP contribution is -2.24. The van der Waals surface area contributed by atoms with Gasteiger partial charge in [-0.15, -0.1) is 0 Å². The monoisotopic (exact) mass is 485 g/mol. The molecule has 0 radical (unpaired) electrons. The van der Waals surface area contributed by atoms with Crippen molar-refractivity contribution in [2.75, 3.05) is 18.5 Å². The SMILES string of the molecule is C=C/C(=C\C(=C/C)NC(=O)OCCCCCCCCOC(=O)Nc1cccc(C(C)=O)c1)C(N)=O. The maximum Gasteiger partial charge on any atom is 0.411 e. The van der Waals surface area contributed by atoms with Crippen LogP contribution in [0.15, 0.2) is 60.3 Å². The highest BCUT2D eigenvalue weighted by Crippen LogP contribution is 2.12. The van der Waals surface area contributed by atoms with Crippen LogP contribution in [-0.2, 0) is 14.3 Å². The second-order valence-electron chi connectivity index (χ2n) is 7.69. The van der Waals surface area contributed by atoms with E-state index in [2.05, 4.69) is 17.2 Å². The van der Waals surface area contributed by atoms with E-state index in [4.69, 9.17) is 15.2 Å². The molecule has 0 unspecified atom stereocenters. The zero-order valence-corrected chi connectivity index (χ0v) is 20.4. The molecule has 0 aromatic heterocycles. The van der Waals surface area contributed by atoms with Gasteiger partial charge in [0.25, 0.3) is 0 Å². The third-order valence-corrected chi connectivity index (χ3v) is 4.89. The number of allylic oxidation sites excluding steroid dienone is 2. The van der Waals surface area contributed by atoms with Crippen LogP contribution in [0.5, 0.6) is 0 Å². The molecule has 0 aliphatic heterocycles. The van der Waals surface area contributed by atoms with E-state index >= 15 is 0 Å². The van der Waals surface area contributed by atoms with Gasteiger partial charge in [0.1, 0.15) is 0 Å². The van der Waals surface area contributed by atoms with Crippen molar-refractivity contribution in [3.05, 3.63) is 65.9 Å². The standard InChI is InChI=1S/C26H35N3O6/c1-4-20(24(27)31)17-22(5-2)28-25(32)34-15-10-8-6-7-9-11-16-35-26(33)29-23-14-12-13-21(18-23)19(3)30/h4-5,12-14,17-18H,1,6-11,15-16H2,2-3H3,(H2,27,31)(H,28,32)(H,29,33)/b20-17+,22-5+. The number of carbonyl (C=O) groups is 4. The molecule has 3 amide bonds. The van der Waals surface area contributed by atoms with E-state index < -0.39 is 18.1 Å². The van der Waals surface area contributed by atoms with Crippen molar-refractivity contribution in [3.8, 4) is 0 Å². The van der Waals surface area contributed by atoms with Gasteiger partial charge in [0.05, 0.1) is 13.2 Å². The van der Waals surface area contributed by atoms with Crippen LogP contribution >= 0.6 is 0 Å². The lowest BCUT2D eigenvalue weighted by Gasteiger charge is -2.09. The second kappa shape index (κ2) is 16.7. The Morgan fingerprint density at radius 1 is 0.971 bits per heavy atom. The summed E-state index contributed by atoms with van der Waals surface area (Å²) in [6.45, 7) is 7.28. The molecule has 4 N–H and O–H groups in total. The molecule has 1 aromatic rings. The highest BCUT2D eigenvalue weighted by molar-refractivity contribution is 5.96. The van der Waals surface area contributed by atoms with E-state index in [1.165, 1.54) is 19.1 Å². The largest absolute Gasteiger partial charge is 0.449 e. The number of rotatable bonds is 15. The Hall–Kier alpha value is -3.88. The van der Waals surface area contributed by atoms with Gasteiger partial charge < -0.3 is 15.2 Å². The predicted octanol–water partition coefficient (Wildman–Crippen LogP) is 5.01. The van der Waals surface area contributed by atoms with Crippen molar-refractivity contribution in [1.82, 2.24) is 5.32 Å². The molecule has 9 heteroatoms. The highest BCUT2D eigenvalue weighted by Gasteiger charge is 2.07. The van der Waals surface area contributed by atoms with E-state index in [1.807, 2.05) is 0 Å². The zero-order valence-electron chi connectivity index (χ0n) is 20.4. The summed E-state index contributed by atoms with van der Waals surface area (Å²) in [7, 11) is 0. The van der Waals surface area contributed by atoms with E-state index in [9.17, 15) is 19.2 Å². The Morgan fingerprint density at radius 2 is 1.57 bits per heavy atom. The summed E-state index contributed by atoms with van der Waals surface area (Å²) >= 11 is 0. The summed E-state index contributed by atoms with van der Waals surface area (Å²) in [5.41, 5.74) is 6.84. The van der Waals surface area contributed by atoms with Gasteiger partial charge in [-0.05, 0) is 44.9 Å². The molecule has 0 fully saturated rings. The van der Waals surface area contributed by atoms with Crippen molar-refractivity contribution in [2.24, 2.45) is 5.73 Å². The molecule has 0 heterocycles. The number of ketones is 1. The molecule has 0 bridgehead atoms. The molecular formula is C26H35N3O6. The van der Waals surface area contributed by atoms with Crippen LogP contribution in [-0.4, -0.2) is 37.1 Å². The minimum absolute atomic E-state index is 0.0727. The van der Waals surface area contributed by atoms with E-state index in [-0.39, 0.29) is 18.0 Å². The number of hydrogen-bond acceptors (Lipinski definition) is 6. The fraction of sp³-hybridized carbons (Fsp3) is 0.385. The lowest BCUT2D eigenvalue weighted by molar-refractivity contribution is -0.114. The number of anilines is 1. The van der Waals surface area contributed by atoms with Gasteiger partial charge in [0.2, 0.25) is 5.91 Å². The fourth-order valence-electron chi connectivity index (χ4n) is 2.95. The van der Waals surface area contributed by atoms with E-state index in [1.54, 1.807) is 37.3 Å². The first-order valence-corrected chi connectivity index (χ1v) is 11.6. The van der Waals surface area contributed by atoms with Gasteiger partial charge in [-0.3, -0.25) is 20.2 Å². The van der Waals surface area contributed by atoms with Gasteiger partial charge in [-0.25, -0.2) is 9.59 Å². The Balaban J connectivity index is 2.10. The molecule has 0 spiro atoms. The fourth-order valence-corrected chi connectivity index (χ4v) is 2.95. The van der Waals surface area contributed by atoms with Crippen LogP contribution in [0.1, 0.15) is 62.7 Å². The van der Waals surface area contributed by atoms with Gasteiger partial charge in [0, 0.05) is 22.5 Å². The third-order valence-electron chi connectivity index (χ3n) is 4.89. The lowest BCUT2D eigenvalue weighted by atomic mass is 10.1. The Kier molecular flexibility index (Phi) is 13.9. The third kappa shape index (κ3) is 12.8. The number of nitrogens with two attached hydrogens (primary N) is 1. The highest BCUT2D eigenvalue weighted by atomic mass is 16.6. The molecule has 0 aliphatic rings. The number of unbranched alkanes of at least 4 members (excludes halogenated alkanes) is 5. The first-order valence-electron chi connectivity index (χ1n) is 11.6. The molecule has 1 rings (SSSR count). The van der Waals surface area contributed by atoms with Gasteiger partial charge in [0.15, 0.2) is 5.78 Å². The summed E-state index contributed by atoms with van der Waals surface area (Å²) < 4.78 is 10.3. The molecule has 0 aliphatic carbocycles. The molecular weight excluding hydrogens is 450 g/mol. The minimum Gasteiger partial charge on any atom is -0.449 e. The number of benzene rings is 1. The first-order chi connectivity index (χ1) is 16.8. The van der Waals surface area contributed by atoms with Gasteiger partial charge in [-0.1, -0.05) is 56.5 Å². The average Bonchev–Trinajstić information content (AvgIpc) is 2.82. The molecule has 0 saturated heterocycles. The molecule has 1 aromatic carbocycles. The summed E-state index contributed by atoms with van der Waals surface area (Å²) in [5.74, 6) is -0.711. The molecule has 0 atom stereocenters. The number of carbonyl (C=O) groups excluding carboxylic acids is 4. The summed E-state index contributed by atoms with van der Waals surface area (Å²) in [4.78, 5) is 46.3. The topological polar surface area (TPSA) is 137 Å². The number of ether oxygens (including phenoxy) is 2. The van der Waals surface area contributed by atoms with E-state index in [0.717, 1.165) is 38.5 Å². The smallest absolute Gasteiger partial charge is 0.411 e. The van der Waals surface area contributed by atoms with Crippen LogP contribution in [0.25, 0.3) is 0 Å². The van der Waals surface area contributed by atoms with Gasteiger partial charge >= 0.3 is 12.2 Å². The van der Waals surface area contributed by atoms with Crippen molar-refractivity contribution in [2.45, 2.75) is 52.4 Å². The number of alkyl carbamates (subject to hydrolysis) is 1. The predicted molar refractivity (Wildman–Crippen MR) is 135 cm³/mol. The van der Waals surface area contributed by atoms with Crippen LogP contribution in [0, 0.1) is 0 Å². The maximum atomic E-state index is 11.9. The summed E-state index contributed by atoms with van der Waals surface area (Å²) in [5, 5.41) is 5.16. The summed E-state index contributed by atoms with van der Waals surface area (Å²) in [6.07, 6.45) is 8.44. The van der Waals surface area contributed by atoms with Crippen molar-refractivity contribution >= 4 is 29.6 Å². The Morgan fingerprint density at radius 3 is 2.11 bits per heavy atom. The minimum atomic E-state index is -0.638. The van der Waals surface area contributed by atoms with Crippen LogP contribution in [0.3, 0.4) is 0 Å². The van der Waals surface area contributed by atoms with Crippen LogP contribution in [0.4, 0.5) is 15.3 Å². The van der Waals surface area contributed by atoms with Crippen molar-refractivity contribution in [1.29, 1.82) is 0 Å². The number of hydrogen-bond donors (Lipinski definition) is 3. The van der Waals surface area contributed by atoms with Crippen molar-refractivity contribution < 1.29 is 28.7 Å². The van der Waals surface area contributed by atoms with Gasteiger partial charge in [-0.2, -0.15) is 0 Å². The quantitative estimate of drug-likeness (QED) is 0.138. The first kappa shape index (κ1) is 29.2. The Labute approximate surface area is 206 Å². The molecule has 190 valence electrons. The number of Topliss-reactive ketones (excluding diaryl/α,β-unsaturated/α-hetero) is 1. The molecule has 35 heavy (non-hydrogen) atoms. The van der Waals surface area contributed by atoms with Crippen LogP contribution in [0.2, 0.25) is 0 Å². The summed E-state index contributed by atoms with van der Waals surface area (Å²) in [6, 6.07) is 6.69. The second-order valence-corrected chi connectivity index (χ2v) is 7.69. The number of primary amides is 1. The van der Waals surface area contributed by atoms with E-state index in [0.29, 0.717) is 23.6 Å².